The van der Waals surface area contributed by atoms with Crippen LogP contribution >= 0.6 is 0 Å². The predicted octanol–water partition coefficient (Wildman–Crippen LogP) is 5.71. The molecule has 4 nitrogen and oxygen atoms in total. The molecule has 0 fully saturated rings. The lowest BCUT2D eigenvalue weighted by Crippen LogP contribution is -2.18. The number of halogens is 3. The van der Waals surface area contributed by atoms with Crippen molar-refractivity contribution >= 4 is 17.4 Å². The minimum Gasteiger partial charge on any atom is -0.309 e. The fraction of sp³-hybridized carbons (Fsp3) is 0.600. The molecule has 0 saturated carbocycles. The molecule has 0 unspecified atom stereocenters. The van der Waals surface area contributed by atoms with Crippen molar-refractivity contribution in [3.8, 4) is 0 Å². The fourth-order valence-corrected chi connectivity index (χ4v) is 2.72. The van der Waals surface area contributed by atoms with E-state index in [0.717, 1.165) is 12.3 Å². The number of imidazole rings is 1. The van der Waals surface area contributed by atoms with Gasteiger partial charge in [-0.1, -0.05) is 41.5 Å². The molecule has 0 aliphatic heterocycles. The number of hydrogen-bond acceptors (Lipinski definition) is 2. The molecule has 0 radical (unpaired) electrons. The van der Waals surface area contributed by atoms with Crippen LogP contribution in [0.5, 0.6) is 0 Å². The lowest BCUT2D eigenvalue weighted by atomic mass is 9.90. The number of amides is 1. The summed E-state index contributed by atoms with van der Waals surface area (Å²) in [6.07, 6.45) is -1.87. The first kappa shape index (κ1) is 21.3. The Hall–Kier alpha value is -2.05. The van der Waals surface area contributed by atoms with E-state index in [-0.39, 0.29) is 16.7 Å². The van der Waals surface area contributed by atoms with Gasteiger partial charge in [0.05, 0.1) is 11.3 Å². The van der Waals surface area contributed by atoms with E-state index in [9.17, 15) is 18.0 Å². The molecule has 2 aromatic rings. The first-order valence-corrected chi connectivity index (χ1v) is 9.04. The van der Waals surface area contributed by atoms with Gasteiger partial charge in [0.25, 0.3) is 0 Å². The highest BCUT2D eigenvalue weighted by atomic mass is 19.4. The number of carbonyl (C=O) groups is 1. The van der Waals surface area contributed by atoms with Crippen molar-refractivity contribution in [2.24, 2.45) is 10.8 Å². The zero-order chi connectivity index (χ0) is 20.6. The average molecular weight is 383 g/mol. The predicted molar refractivity (Wildman–Crippen MR) is 101 cm³/mol. The minimum absolute atomic E-state index is 0.0199. The Morgan fingerprint density at radius 2 is 1.70 bits per heavy atom. The molecule has 0 atom stereocenters. The molecule has 7 heteroatoms. The highest BCUT2D eigenvalue weighted by Crippen LogP contribution is 2.32. The zero-order valence-electron chi connectivity index (χ0n) is 16.8. The largest absolute Gasteiger partial charge is 0.417 e. The number of carbonyl (C=O) groups excluding carboxylic acids is 1. The van der Waals surface area contributed by atoms with Crippen LogP contribution < -0.4 is 5.32 Å². The van der Waals surface area contributed by atoms with Crippen molar-refractivity contribution in [1.82, 2.24) is 9.38 Å². The minimum atomic E-state index is -4.44. The Morgan fingerprint density at radius 1 is 1.07 bits per heavy atom. The fourth-order valence-electron chi connectivity index (χ4n) is 2.72. The maximum Gasteiger partial charge on any atom is 0.417 e. The van der Waals surface area contributed by atoms with Gasteiger partial charge >= 0.3 is 6.18 Å². The van der Waals surface area contributed by atoms with Gasteiger partial charge in [0.2, 0.25) is 5.91 Å². The summed E-state index contributed by atoms with van der Waals surface area (Å²) in [6, 6.07) is 2.34. The number of anilines is 1. The van der Waals surface area contributed by atoms with Crippen LogP contribution in [0.25, 0.3) is 5.65 Å². The van der Waals surface area contributed by atoms with Crippen LogP contribution in [0.3, 0.4) is 0 Å². The molecule has 0 aliphatic rings. The SMILES string of the molecule is CC(C)(C)CCC(=O)Nc1nc2ccc(C(F)(F)F)cn2c1CC(C)(C)C. The van der Waals surface area contributed by atoms with E-state index < -0.39 is 11.7 Å². The van der Waals surface area contributed by atoms with Gasteiger partial charge in [0.15, 0.2) is 5.82 Å². The summed E-state index contributed by atoms with van der Waals surface area (Å²) in [5.41, 5.74) is 0.0514. The second-order valence-electron chi connectivity index (χ2n) is 9.40. The maximum atomic E-state index is 13.1. The van der Waals surface area contributed by atoms with Crippen LogP contribution in [-0.4, -0.2) is 15.3 Å². The third-order valence-electron chi connectivity index (χ3n) is 4.10. The first-order chi connectivity index (χ1) is 12.2. The average Bonchev–Trinajstić information content (AvgIpc) is 2.79. The van der Waals surface area contributed by atoms with Crippen molar-refractivity contribution < 1.29 is 18.0 Å². The number of alkyl halides is 3. The normalized spacial score (nSPS) is 13.2. The van der Waals surface area contributed by atoms with Gasteiger partial charge in [0, 0.05) is 12.6 Å². The van der Waals surface area contributed by atoms with Gasteiger partial charge in [0.1, 0.15) is 5.65 Å². The summed E-state index contributed by atoms with van der Waals surface area (Å²) in [5.74, 6) is 0.155. The quantitative estimate of drug-likeness (QED) is 0.735. The van der Waals surface area contributed by atoms with Crippen molar-refractivity contribution in [3.63, 3.8) is 0 Å². The van der Waals surface area contributed by atoms with E-state index in [0.29, 0.717) is 36.4 Å². The van der Waals surface area contributed by atoms with Gasteiger partial charge in [-0.2, -0.15) is 13.2 Å². The number of nitrogens with one attached hydrogen (secondary N) is 1. The van der Waals surface area contributed by atoms with E-state index in [2.05, 4.69) is 31.1 Å². The van der Waals surface area contributed by atoms with E-state index >= 15 is 0 Å². The Labute approximate surface area is 158 Å². The summed E-state index contributed by atoms with van der Waals surface area (Å²) >= 11 is 0. The lowest BCUT2D eigenvalue weighted by Gasteiger charge is -2.20. The molecule has 1 N–H and O–H groups in total. The maximum absolute atomic E-state index is 13.1. The van der Waals surface area contributed by atoms with Crippen molar-refractivity contribution in [2.75, 3.05) is 5.32 Å². The number of hydrogen-bond donors (Lipinski definition) is 1. The molecular weight excluding hydrogens is 355 g/mol. The highest BCUT2D eigenvalue weighted by Gasteiger charge is 2.32. The number of aromatic nitrogens is 2. The standard InChI is InChI=1S/C20H28F3N3O/c1-18(2,3)10-9-16(27)25-17-14(11-19(4,5)6)26-12-13(20(21,22)23)7-8-15(26)24-17/h7-8,12H,9-11H2,1-6H3,(H,25,27). The van der Waals surface area contributed by atoms with E-state index in [1.807, 2.05) is 20.8 Å². The molecule has 0 bridgehead atoms. The van der Waals surface area contributed by atoms with E-state index in [1.165, 1.54) is 10.5 Å². The zero-order valence-corrected chi connectivity index (χ0v) is 16.8. The molecule has 0 saturated heterocycles. The van der Waals surface area contributed by atoms with Gasteiger partial charge in [-0.05, 0) is 35.8 Å². The summed E-state index contributed by atoms with van der Waals surface area (Å²) in [6.45, 7) is 12.1. The molecule has 0 aromatic carbocycles. The molecule has 0 aliphatic carbocycles. The summed E-state index contributed by atoms with van der Waals surface area (Å²) < 4.78 is 40.8. The van der Waals surface area contributed by atoms with Crippen LogP contribution in [0.1, 0.15) is 65.6 Å². The Morgan fingerprint density at radius 3 is 2.22 bits per heavy atom. The molecule has 2 rings (SSSR count). The molecule has 27 heavy (non-hydrogen) atoms. The van der Waals surface area contributed by atoms with Crippen molar-refractivity contribution in [1.29, 1.82) is 0 Å². The van der Waals surface area contributed by atoms with Crippen LogP contribution in [0.2, 0.25) is 0 Å². The van der Waals surface area contributed by atoms with Gasteiger partial charge in [-0.3, -0.25) is 4.79 Å². The number of rotatable bonds is 4. The van der Waals surface area contributed by atoms with Crippen LogP contribution in [0, 0.1) is 10.8 Å². The smallest absolute Gasteiger partial charge is 0.309 e. The topological polar surface area (TPSA) is 46.4 Å². The molecule has 2 heterocycles. The first-order valence-electron chi connectivity index (χ1n) is 9.04. The molecule has 0 spiro atoms. The second kappa shape index (κ2) is 7.17. The highest BCUT2D eigenvalue weighted by molar-refractivity contribution is 5.90. The lowest BCUT2D eigenvalue weighted by molar-refractivity contribution is -0.137. The van der Waals surface area contributed by atoms with Crippen molar-refractivity contribution in [2.45, 2.75) is 67.0 Å². The number of pyridine rings is 1. The monoisotopic (exact) mass is 383 g/mol. The van der Waals surface area contributed by atoms with Gasteiger partial charge in [-0.15, -0.1) is 0 Å². The second-order valence-corrected chi connectivity index (χ2v) is 9.40. The van der Waals surface area contributed by atoms with E-state index in [4.69, 9.17) is 0 Å². The van der Waals surface area contributed by atoms with Crippen molar-refractivity contribution in [3.05, 3.63) is 29.6 Å². The molecule has 150 valence electrons. The van der Waals surface area contributed by atoms with Crippen LogP contribution in [0.4, 0.5) is 19.0 Å². The van der Waals surface area contributed by atoms with Gasteiger partial charge in [-0.25, -0.2) is 4.98 Å². The van der Waals surface area contributed by atoms with E-state index in [1.54, 1.807) is 0 Å². The van der Waals surface area contributed by atoms with Crippen LogP contribution in [-0.2, 0) is 17.4 Å². The molecule has 2 aromatic heterocycles. The summed E-state index contributed by atoms with van der Waals surface area (Å²) in [5, 5.41) is 2.80. The van der Waals surface area contributed by atoms with Crippen LogP contribution in [0.15, 0.2) is 18.3 Å². The number of fused-ring (bicyclic) bond motifs is 1. The third-order valence-corrected chi connectivity index (χ3v) is 4.10. The Bertz CT molecular complexity index is 824. The molecule has 1 amide bonds. The Kier molecular flexibility index (Phi) is 5.64. The summed E-state index contributed by atoms with van der Waals surface area (Å²) in [7, 11) is 0. The molecular formula is C20H28F3N3O. The summed E-state index contributed by atoms with van der Waals surface area (Å²) in [4.78, 5) is 16.7. The Balaban J connectivity index is 2.42. The van der Waals surface area contributed by atoms with Gasteiger partial charge < -0.3 is 9.72 Å². The third kappa shape index (κ3) is 5.97. The number of nitrogens with zero attached hydrogens (tertiary/aromatic N) is 2.